The van der Waals surface area contributed by atoms with E-state index in [1.807, 2.05) is 6.92 Å². The summed E-state index contributed by atoms with van der Waals surface area (Å²) in [5.41, 5.74) is 0.578. The number of sulfonamides is 1. The summed E-state index contributed by atoms with van der Waals surface area (Å²) in [7, 11) is -3.26. The van der Waals surface area contributed by atoms with Crippen LogP contribution in [0.2, 0.25) is 0 Å². The predicted octanol–water partition coefficient (Wildman–Crippen LogP) is 2.21. The summed E-state index contributed by atoms with van der Waals surface area (Å²) >= 11 is 0. The smallest absolute Gasteiger partial charge is 0.252 e. The fraction of sp³-hybridized carbons (Fsp3) is 0.538. The molecule has 0 amide bonds. The Balaban J connectivity index is 3.02. The number of hydrogen-bond donors (Lipinski definition) is 1. The van der Waals surface area contributed by atoms with Crippen LogP contribution in [0.25, 0.3) is 0 Å². The van der Waals surface area contributed by atoms with Gasteiger partial charge in [0, 0.05) is 13.6 Å². The molecule has 21 heavy (non-hydrogen) atoms. The third-order valence-corrected chi connectivity index (χ3v) is 4.67. The lowest BCUT2D eigenvalue weighted by atomic mass is 10.2. The van der Waals surface area contributed by atoms with Gasteiger partial charge in [-0.2, -0.15) is 4.31 Å². The maximum absolute atomic E-state index is 13.7. The highest BCUT2D eigenvalue weighted by Crippen LogP contribution is 2.20. The maximum atomic E-state index is 13.7. The van der Waals surface area contributed by atoms with Gasteiger partial charge < -0.3 is 5.32 Å². The van der Waals surface area contributed by atoms with Gasteiger partial charge in [0.2, 0.25) is 10.0 Å². The Bertz CT molecular complexity index is 565. The summed E-state index contributed by atoms with van der Waals surface area (Å²) < 4.78 is 63.0. The summed E-state index contributed by atoms with van der Waals surface area (Å²) in [6.07, 6.45) is -1.91. The van der Waals surface area contributed by atoms with Crippen molar-refractivity contribution in [2.24, 2.45) is 0 Å². The number of hydrogen-bond acceptors (Lipinski definition) is 3. The monoisotopic (exact) mass is 324 g/mol. The second-order valence-electron chi connectivity index (χ2n) is 4.62. The van der Waals surface area contributed by atoms with E-state index in [1.54, 1.807) is 0 Å². The average molecular weight is 324 g/mol. The van der Waals surface area contributed by atoms with Crippen LogP contribution in [0.15, 0.2) is 23.1 Å². The average Bonchev–Trinajstić information content (AvgIpc) is 2.40. The van der Waals surface area contributed by atoms with E-state index >= 15 is 0 Å². The highest BCUT2D eigenvalue weighted by molar-refractivity contribution is 7.89. The minimum absolute atomic E-state index is 0.384. The van der Waals surface area contributed by atoms with Crippen molar-refractivity contribution in [3.8, 4) is 0 Å². The second kappa shape index (κ2) is 7.77. The second-order valence-corrected chi connectivity index (χ2v) is 6.63. The number of nitrogens with zero attached hydrogens (tertiary/aromatic N) is 1. The molecule has 4 nitrogen and oxygen atoms in total. The van der Waals surface area contributed by atoms with Crippen LogP contribution in [0.4, 0.5) is 13.2 Å². The molecule has 0 aliphatic carbocycles. The van der Waals surface area contributed by atoms with Gasteiger partial charge in [0.1, 0.15) is 10.7 Å². The van der Waals surface area contributed by atoms with E-state index in [1.165, 1.54) is 12.1 Å². The van der Waals surface area contributed by atoms with Crippen molar-refractivity contribution < 1.29 is 21.6 Å². The Morgan fingerprint density at radius 1 is 1.33 bits per heavy atom. The SMILES string of the molecule is CCCNCc1ccc(F)c(S(=O)(=O)N(C)CC(F)F)c1. The molecule has 0 unspecified atom stereocenters. The molecule has 0 heterocycles. The van der Waals surface area contributed by atoms with E-state index in [9.17, 15) is 21.6 Å². The third kappa shape index (κ3) is 4.98. The van der Waals surface area contributed by atoms with E-state index < -0.39 is 33.7 Å². The molecule has 0 atom stereocenters. The van der Waals surface area contributed by atoms with Crippen LogP contribution in [0.3, 0.4) is 0 Å². The maximum Gasteiger partial charge on any atom is 0.252 e. The molecule has 1 rings (SSSR count). The lowest BCUT2D eigenvalue weighted by molar-refractivity contribution is 0.126. The Kier molecular flexibility index (Phi) is 6.63. The van der Waals surface area contributed by atoms with Gasteiger partial charge in [-0.15, -0.1) is 0 Å². The van der Waals surface area contributed by atoms with Crippen LogP contribution in [0.1, 0.15) is 18.9 Å². The molecule has 1 N–H and O–H groups in total. The van der Waals surface area contributed by atoms with Crippen molar-refractivity contribution in [3.05, 3.63) is 29.6 Å². The van der Waals surface area contributed by atoms with Gasteiger partial charge in [0.05, 0.1) is 6.54 Å². The zero-order valence-corrected chi connectivity index (χ0v) is 12.8. The zero-order valence-electron chi connectivity index (χ0n) is 11.9. The molecule has 120 valence electrons. The molecule has 8 heteroatoms. The normalized spacial score (nSPS) is 12.3. The Morgan fingerprint density at radius 2 is 2.00 bits per heavy atom. The Hall–Kier alpha value is -1.12. The quantitative estimate of drug-likeness (QED) is 0.746. The van der Waals surface area contributed by atoms with Crippen molar-refractivity contribution in [1.82, 2.24) is 9.62 Å². The van der Waals surface area contributed by atoms with Crippen molar-refractivity contribution >= 4 is 10.0 Å². The predicted molar refractivity (Wildman–Crippen MR) is 74.2 cm³/mol. The van der Waals surface area contributed by atoms with Gasteiger partial charge in [-0.1, -0.05) is 13.0 Å². The minimum Gasteiger partial charge on any atom is -0.313 e. The molecule has 0 aliphatic rings. The minimum atomic E-state index is -4.27. The van der Waals surface area contributed by atoms with E-state index in [0.717, 1.165) is 26.1 Å². The standard InChI is InChI=1S/C13H19F3N2O2S/c1-3-6-17-8-10-4-5-11(14)12(7-10)21(19,20)18(2)9-13(15)16/h4-5,7,13,17H,3,6,8-9H2,1-2H3. The molecular weight excluding hydrogens is 305 g/mol. The third-order valence-electron chi connectivity index (χ3n) is 2.83. The van der Waals surface area contributed by atoms with Crippen molar-refractivity contribution in [3.63, 3.8) is 0 Å². The van der Waals surface area contributed by atoms with Gasteiger partial charge in [-0.05, 0) is 30.7 Å². The zero-order chi connectivity index (χ0) is 16.0. The highest BCUT2D eigenvalue weighted by Gasteiger charge is 2.26. The molecule has 1 aromatic carbocycles. The first-order chi connectivity index (χ1) is 9.78. The first-order valence-corrected chi connectivity index (χ1v) is 7.96. The van der Waals surface area contributed by atoms with Crippen LogP contribution in [-0.4, -0.2) is 39.3 Å². The molecular formula is C13H19F3N2O2S. The highest BCUT2D eigenvalue weighted by atomic mass is 32.2. The first-order valence-electron chi connectivity index (χ1n) is 6.52. The van der Waals surface area contributed by atoms with Gasteiger partial charge in [-0.3, -0.25) is 0 Å². The lowest BCUT2D eigenvalue weighted by Crippen LogP contribution is -2.32. The van der Waals surface area contributed by atoms with E-state index in [4.69, 9.17) is 0 Å². The van der Waals surface area contributed by atoms with Crippen molar-refractivity contribution in [1.29, 1.82) is 0 Å². The van der Waals surface area contributed by atoms with Crippen LogP contribution in [0, 0.1) is 5.82 Å². The molecule has 0 spiro atoms. The number of rotatable bonds is 8. The molecule has 1 aromatic rings. The van der Waals surface area contributed by atoms with E-state index in [0.29, 0.717) is 16.4 Å². The van der Waals surface area contributed by atoms with Gasteiger partial charge in [0.25, 0.3) is 6.43 Å². The molecule has 0 radical (unpaired) electrons. The fourth-order valence-corrected chi connectivity index (χ4v) is 2.98. The van der Waals surface area contributed by atoms with Crippen LogP contribution in [0.5, 0.6) is 0 Å². The summed E-state index contributed by atoms with van der Waals surface area (Å²) in [6, 6.07) is 3.67. The Morgan fingerprint density at radius 3 is 2.57 bits per heavy atom. The molecule has 0 bridgehead atoms. The van der Waals surface area contributed by atoms with Gasteiger partial charge in [-0.25, -0.2) is 21.6 Å². The largest absolute Gasteiger partial charge is 0.313 e. The number of nitrogens with one attached hydrogen (secondary N) is 1. The number of halogens is 3. The Labute approximate surface area is 123 Å². The molecule has 0 saturated carbocycles. The van der Waals surface area contributed by atoms with Crippen molar-refractivity contribution in [2.75, 3.05) is 20.1 Å². The van der Waals surface area contributed by atoms with Crippen LogP contribution in [-0.2, 0) is 16.6 Å². The number of alkyl halides is 2. The number of benzene rings is 1. The topological polar surface area (TPSA) is 49.4 Å². The van der Waals surface area contributed by atoms with Crippen LogP contribution >= 0.6 is 0 Å². The summed E-state index contributed by atoms with van der Waals surface area (Å²) in [6.45, 7) is 2.13. The summed E-state index contributed by atoms with van der Waals surface area (Å²) in [5, 5.41) is 3.06. The lowest BCUT2D eigenvalue weighted by Gasteiger charge is -2.17. The molecule has 0 saturated heterocycles. The summed E-state index contributed by atoms with van der Waals surface area (Å²) in [5.74, 6) is -0.949. The molecule has 0 aromatic heterocycles. The van der Waals surface area contributed by atoms with E-state index in [-0.39, 0.29) is 0 Å². The van der Waals surface area contributed by atoms with Crippen molar-refractivity contribution in [2.45, 2.75) is 31.2 Å². The first kappa shape index (κ1) is 17.9. The van der Waals surface area contributed by atoms with Gasteiger partial charge in [0.15, 0.2) is 0 Å². The summed E-state index contributed by atoms with van der Waals surface area (Å²) in [4.78, 5) is -0.582. The van der Waals surface area contributed by atoms with E-state index in [2.05, 4.69) is 5.32 Å². The fourth-order valence-electron chi connectivity index (χ4n) is 1.73. The van der Waals surface area contributed by atoms with Gasteiger partial charge >= 0.3 is 0 Å². The molecule has 0 aliphatic heterocycles. The van der Waals surface area contributed by atoms with Crippen LogP contribution < -0.4 is 5.32 Å². The molecule has 0 fully saturated rings.